The molecule has 3 heteroatoms. The highest BCUT2D eigenvalue weighted by Gasteiger charge is 2.23. The highest BCUT2D eigenvalue weighted by molar-refractivity contribution is 7.99. The van der Waals surface area contributed by atoms with Gasteiger partial charge in [0.2, 0.25) is 0 Å². The van der Waals surface area contributed by atoms with Crippen molar-refractivity contribution < 1.29 is 0 Å². The fraction of sp³-hybridized carbons (Fsp3) is 0.538. The molecule has 1 aromatic rings. The Morgan fingerprint density at radius 2 is 2.31 bits per heavy atom. The molecule has 1 heterocycles. The molecule has 0 amide bonds. The number of rotatable bonds is 2. The molecule has 2 unspecified atom stereocenters. The van der Waals surface area contributed by atoms with Crippen molar-refractivity contribution in [3.63, 3.8) is 0 Å². The molecule has 1 nitrogen and oxygen atoms in total. The van der Waals surface area contributed by atoms with Gasteiger partial charge in [0.15, 0.2) is 0 Å². The van der Waals surface area contributed by atoms with Crippen molar-refractivity contribution in [2.45, 2.75) is 37.3 Å². The lowest BCUT2D eigenvalue weighted by Crippen LogP contribution is -2.23. The van der Waals surface area contributed by atoms with Gasteiger partial charge in [-0.2, -0.15) is 11.8 Å². The highest BCUT2D eigenvalue weighted by Crippen LogP contribution is 2.37. The summed E-state index contributed by atoms with van der Waals surface area (Å²) in [6.07, 6.45) is 1.19. The molecule has 1 N–H and O–H groups in total. The van der Waals surface area contributed by atoms with Crippen LogP contribution in [-0.4, -0.2) is 11.8 Å². The summed E-state index contributed by atoms with van der Waals surface area (Å²) in [6.45, 7) is 5.47. The van der Waals surface area contributed by atoms with Gasteiger partial charge in [-0.3, -0.25) is 0 Å². The molecule has 1 aromatic carbocycles. The van der Waals surface area contributed by atoms with Crippen LogP contribution in [0.1, 0.15) is 37.4 Å². The molecule has 2 atom stereocenters. The minimum Gasteiger partial charge on any atom is -0.310 e. The lowest BCUT2D eigenvalue weighted by Gasteiger charge is -2.20. The molecule has 0 aliphatic carbocycles. The molecule has 1 aliphatic rings. The zero-order valence-electron chi connectivity index (χ0n) is 9.79. The monoisotopic (exact) mass is 255 g/mol. The SMILES string of the molecule is CCNC1CC(C)SCc2c(Cl)cccc21. The average molecular weight is 256 g/mol. The van der Waals surface area contributed by atoms with E-state index in [-0.39, 0.29) is 0 Å². The van der Waals surface area contributed by atoms with Gasteiger partial charge in [-0.1, -0.05) is 37.6 Å². The molecule has 88 valence electrons. The maximum Gasteiger partial charge on any atom is 0.0449 e. The Kier molecular flexibility index (Phi) is 4.17. The largest absolute Gasteiger partial charge is 0.310 e. The topological polar surface area (TPSA) is 12.0 Å². The number of thioether (sulfide) groups is 1. The van der Waals surface area contributed by atoms with Gasteiger partial charge in [0, 0.05) is 22.1 Å². The molecular weight excluding hydrogens is 238 g/mol. The third-order valence-electron chi connectivity index (χ3n) is 3.06. The van der Waals surface area contributed by atoms with Gasteiger partial charge in [0.1, 0.15) is 0 Å². The van der Waals surface area contributed by atoms with Crippen LogP contribution in [0.25, 0.3) is 0 Å². The van der Waals surface area contributed by atoms with Crippen LogP contribution in [0.15, 0.2) is 18.2 Å². The van der Waals surface area contributed by atoms with Crippen LogP contribution in [0.2, 0.25) is 5.02 Å². The molecule has 2 rings (SSSR count). The van der Waals surface area contributed by atoms with E-state index in [1.54, 1.807) is 0 Å². The molecule has 1 aliphatic heterocycles. The molecule has 0 spiro atoms. The third kappa shape index (κ3) is 2.55. The Balaban J connectivity index is 2.37. The van der Waals surface area contributed by atoms with E-state index in [0.29, 0.717) is 11.3 Å². The molecular formula is C13H18ClNS. The quantitative estimate of drug-likeness (QED) is 0.857. The molecule has 0 bridgehead atoms. The number of benzene rings is 1. The minimum absolute atomic E-state index is 0.462. The van der Waals surface area contributed by atoms with Crippen LogP contribution in [0.4, 0.5) is 0 Å². The van der Waals surface area contributed by atoms with E-state index in [1.165, 1.54) is 17.5 Å². The van der Waals surface area contributed by atoms with Crippen molar-refractivity contribution in [1.82, 2.24) is 5.32 Å². The summed E-state index contributed by atoms with van der Waals surface area (Å²) in [4.78, 5) is 0. The van der Waals surface area contributed by atoms with E-state index in [4.69, 9.17) is 11.6 Å². The zero-order chi connectivity index (χ0) is 11.5. The second-order valence-corrected chi connectivity index (χ2v) is 6.11. The second kappa shape index (κ2) is 5.44. The Labute approximate surface area is 107 Å². The van der Waals surface area contributed by atoms with Crippen LogP contribution >= 0.6 is 23.4 Å². The predicted molar refractivity (Wildman–Crippen MR) is 73.2 cm³/mol. The Morgan fingerprint density at radius 3 is 3.06 bits per heavy atom. The van der Waals surface area contributed by atoms with Gasteiger partial charge in [-0.05, 0) is 30.2 Å². The van der Waals surface area contributed by atoms with E-state index in [1.807, 2.05) is 17.8 Å². The van der Waals surface area contributed by atoms with Crippen molar-refractivity contribution in [2.75, 3.05) is 6.54 Å². The molecule has 0 fully saturated rings. The average Bonchev–Trinajstić information content (AvgIpc) is 2.41. The van der Waals surface area contributed by atoms with Crippen LogP contribution in [0.5, 0.6) is 0 Å². The summed E-state index contributed by atoms with van der Waals surface area (Å²) in [7, 11) is 0. The van der Waals surface area contributed by atoms with Gasteiger partial charge < -0.3 is 5.32 Å². The number of halogens is 1. The molecule has 0 saturated carbocycles. The van der Waals surface area contributed by atoms with E-state index in [2.05, 4.69) is 31.3 Å². The van der Waals surface area contributed by atoms with Gasteiger partial charge in [-0.15, -0.1) is 0 Å². The first-order valence-corrected chi connectivity index (χ1v) is 7.27. The predicted octanol–water partition coefficient (Wildman–Crippen LogP) is 4.02. The van der Waals surface area contributed by atoms with Gasteiger partial charge in [0.25, 0.3) is 0 Å². The van der Waals surface area contributed by atoms with Crippen LogP contribution in [-0.2, 0) is 5.75 Å². The first-order valence-electron chi connectivity index (χ1n) is 5.84. The smallest absolute Gasteiger partial charge is 0.0449 e. The summed E-state index contributed by atoms with van der Waals surface area (Å²) in [6, 6.07) is 6.74. The lowest BCUT2D eigenvalue weighted by atomic mass is 9.98. The van der Waals surface area contributed by atoms with E-state index in [9.17, 15) is 0 Å². The second-order valence-electron chi connectivity index (χ2n) is 4.28. The van der Waals surface area contributed by atoms with Crippen molar-refractivity contribution in [3.8, 4) is 0 Å². The highest BCUT2D eigenvalue weighted by atomic mass is 35.5. The Hall–Kier alpha value is -0.180. The fourth-order valence-corrected chi connectivity index (χ4v) is 3.68. The maximum atomic E-state index is 6.29. The minimum atomic E-state index is 0.462. The van der Waals surface area contributed by atoms with E-state index >= 15 is 0 Å². The van der Waals surface area contributed by atoms with E-state index < -0.39 is 0 Å². The summed E-state index contributed by atoms with van der Waals surface area (Å²) in [5.41, 5.74) is 2.72. The Bertz CT molecular complexity index is 367. The molecule has 0 radical (unpaired) electrons. The van der Waals surface area contributed by atoms with Crippen LogP contribution in [0.3, 0.4) is 0 Å². The summed E-state index contributed by atoms with van der Waals surface area (Å²) < 4.78 is 0. The van der Waals surface area contributed by atoms with Crippen LogP contribution < -0.4 is 5.32 Å². The molecule has 0 aromatic heterocycles. The first-order chi connectivity index (χ1) is 7.72. The standard InChI is InChI=1S/C13H18ClNS/c1-3-15-13-7-9(2)16-8-11-10(13)5-4-6-12(11)14/h4-6,9,13,15H,3,7-8H2,1-2H3. The number of nitrogens with one attached hydrogen (secondary N) is 1. The zero-order valence-corrected chi connectivity index (χ0v) is 11.4. The first kappa shape index (κ1) is 12.3. The number of fused-ring (bicyclic) bond motifs is 1. The van der Waals surface area contributed by atoms with Crippen molar-refractivity contribution in [2.24, 2.45) is 0 Å². The van der Waals surface area contributed by atoms with Crippen LogP contribution in [0, 0.1) is 0 Å². The third-order valence-corrected chi connectivity index (χ3v) is 4.63. The van der Waals surface area contributed by atoms with Crippen molar-refractivity contribution in [3.05, 3.63) is 34.3 Å². The fourth-order valence-electron chi connectivity index (χ4n) is 2.25. The van der Waals surface area contributed by atoms with Gasteiger partial charge >= 0.3 is 0 Å². The summed E-state index contributed by atoms with van der Waals surface area (Å²) in [5.74, 6) is 1.04. The molecule has 0 saturated heterocycles. The van der Waals surface area contributed by atoms with Crippen molar-refractivity contribution in [1.29, 1.82) is 0 Å². The van der Waals surface area contributed by atoms with Crippen molar-refractivity contribution >= 4 is 23.4 Å². The van der Waals surface area contributed by atoms with E-state index in [0.717, 1.165) is 17.3 Å². The number of hydrogen-bond donors (Lipinski definition) is 1. The normalized spacial score (nSPS) is 24.9. The lowest BCUT2D eigenvalue weighted by molar-refractivity contribution is 0.516. The van der Waals surface area contributed by atoms with Gasteiger partial charge in [0.05, 0.1) is 0 Å². The number of hydrogen-bond acceptors (Lipinski definition) is 2. The summed E-state index contributed by atoms with van der Waals surface area (Å²) >= 11 is 8.29. The maximum absolute atomic E-state index is 6.29. The summed E-state index contributed by atoms with van der Waals surface area (Å²) in [5, 5.41) is 5.17. The van der Waals surface area contributed by atoms with Gasteiger partial charge in [-0.25, -0.2) is 0 Å². The Morgan fingerprint density at radius 1 is 1.50 bits per heavy atom. The molecule has 16 heavy (non-hydrogen) atoms.